The number of halogens is 2. The summed E-state index contributed by atoms with van der Waals surface area (Å²) in [4.78, 5) is 0. The molecule has 0 unspecified atom stereocenters. The van der Waals surface area contributed by atoms with Crippen molar-refractivity contribution < 1.29 is 9.13 Å². The van der Waals surface area contributed by atoms with Crippen LogP contribution in [-0.4, -0.2) is 7.11 Å². The van der Waals surface area contributed by atoms with E-state index in [2.05, 4.69) is 10.8 Å². The van der Waals surface area contributed by atoms with E-state index >= 15 is 0 Å². The largest absolute Gasteiger partial charge is 0.494 e. The van der Waals surface area contributed by atoms with Crippen molar-refractivity contribution in [1.29, 1.82) is 0 Å². The lowest BCUT2D eigenvalue weighted by molar-refractivity contribution is 0.386. The number of methoxy groups -OCH3 is 1. The Kier molecular flexibility index (Phi) is 2.12. The summed E-state index contributed by atoms with van der Waals surface area (Å²) in [5.74, 6) is -0.310. The molecule has 0 aliphatic heterocycles. The van der Waals surface area contributed by atoms with Crippen LogP contribution in [0.3, 0.4) is 0 Å². The maximum absolute atomic E-state index is 12.6. The fourth-order valence-electron chi connectivity index (χ4n) is 0.584. The van der Waals surface area contributed by atoms with E-state index in [0.29, 0.717) is 0 Å². The van der Waals surface area contributed by atoms with E-state index in [0.717, 1.165) is 6.07 Å². The van der Waals surface area contributed by atoms with Gasteiger partial charge in [-0.05, 0) is 12.1 Å². The van der Waals surface area contributed by atoms with Crippen LogP contribution < -0.4 is 4.74 Å². The third kappa shape index (κ3) is 1.39. The fourth-order valence-corrected chi connectivity index (χ4v) is 0.734. The molecule has 0 aromatic heterocycles. The van der Waals surface area contributed by atoms with Crippen molar-refractivity contribution >= 4 is 11.6 Å². The van der Waals surface area contributed by atoms with Gasteiger partial charge in [-0.1, -0.05) is 11.6 Å². The topological polar surface area (TPSA) is 9.23 Å². The van der Waals surface area contributed by atoms with Crippen LogP contribution in [0.1, 0.15) is 0 Å². The van der Waals surface area contributed by atoms with Crippen molar-refractivity contribution in [1.82, 2.24) is 0 Å². The van der Waals surface area contributed by atoms with Crippen molar-refractivity contribution in [2.24, 2.45) is 0 Å². The van der Waals surface area contributed by atoms with E-state index in [1.165, 1.54) is 13.2 Å². The zero-order chi connectivity index (χ0) is 7.56. The Labute approximate surface area is 63.4 Å². The van der Waals surface area contributed by atoms with Gasteiger partial charge in [0.1, 0.15) is 0 Å². The van der Waals surface area contributed by atoms with Crippen LogP contribution in [0.2, 0.25) is 5.02 Å². The van der Waals surface area contributed by atoms with Crippen molar-refractivity contribution in [2.75, 3.05) is 7.11 Å². The molecule has 0 heterocycles. The van der Waals surface area contributed by atoms with Gasteiger partial charge in [0.05, 0.1) is 12.1 Å². The lowest BCUT2D eigenvalue weighted by Crippen LogP contribution is -1.86. The molecule has 0 bridgehead atoms. The molecule has 1 rings (SSSR count). The van der Waals surface area contributed by atoms with Crippen molar-refractivity contribution in [3.8, 4) is 5.75 Å². The van der Waals surface area contributed by atoms with Crippen LogP contribution in [-0.2, 0) is 0 Å². The Hall–Kier alpha value is -0.760. The summed E-state index contributed by atoms with van der Waals surface area (Å²) in [6, 6.07) is 5.10. The highest BCUT2D eigenvalue weighted by molar-refractivity contribution is 6.30. The maximum atomic E-state index is 12.6. The van der Waals surface area contributed by atoms with Crippen LogP contribution in [0.4, 0.5) is 4.39 Å². The third-order valence-electron chi connectivity index (χ3n) is 1.05. The SMILES string of the molecule is COc1c[c]c(Cl)cc1F. The summed E-state index contributed by atoms with van der Waals surface area (Å²) in [7, 11) is 1.39. The van der Waals surface area contributed by atoms with Gasteiger partial charge in [0, 0.05) is 6.07 Å². The van der Waals surface area contributed by atoms with E-state index < -0.39 is 5.82 Å². The van der Waals surface area contributed by atoms with E-state index in [-0.39, 0.29) is 10.8 Å². The molecule has 0 aliphatic rings. The maximum Gasteiger partial charge on any atom is 0.166 e. The molecule has 3 heteroatoms. The quantitative estimate of drug-likeness (QED) is 0.611. The summed E-state index contributed by atoms with van der Waals surface area (Å²) >= 11 is 5.42. The van der Waals surface area contributed by atoms with Gasteiger partial charge in [-0.25, -0.2) is 4.39 Å². The Balaban J connectivity index is 3.07. The molecule has 10 heavy (non-hydrogen) atoms. The Morgan fingerprint density at radius 3 is 2.90 bits per heavy atom. The minimum Gasteiger partial charge on any atom is -0.494 e. The van der Waals surface area contributed by atoms with Crippen LogP contribution in [0.5, 0.6) is 5.75 Å². The Bertz CT molecular complexity index is 237. The van der Waals surface area contributed by atoms with Crippen LogP contribution in [0.15, 0.2) is 12.1 Å². The summed E-state index contributed by atoms with van der Waals surface area (Å²) in [6.45, 7) is 0. The molecule has 0 spiro atoms. The first kappa shape index (κ1) is 7.35. The van der Waals surface area contributed by atoms with Gasteiger partial charge in [-0.15, -0.1) is 0 Å². The number of benzene rings is 1. The Morgan fingerprint density at radius 1 is 1.70 bits per heavy atom. The molecule has 1 aromatic rings. The first-order chi connectivity index (χ1) is 4.74. The lowest BCUT2D eigenvalue weighted by atomic mass is 10.3. The second-order valence-electron chi connectivity index (χ2n) is 1.70. The highest BCUT2D eigenvalue weighted by atomic mass is 35.5. The summed E-state index contributed by atoms with van der Waals surface area (Å²) in [6.07, 6.45) is 0. The highest BCUT2D eigenvalue weighted by Gasteiger charge is 2.00. The number of rotatable bonds is 1. The second kappa shape index (κ2) is 2.88. The molecule has 0 fully saturated rings. The van der Waals surface area contributed by atoms with Crippen LogP contribution in [0, 0.1) is 11.9 Å². The molecule has 1 aromatic carbocycles. The van der Waals surface area contributed by atoms with E-state index in [9.17, 15) is 4.39 Å². The smallest absolute Gasteiger partial charge is 0.166 e. The predicted octanol–water partition coefficient (Wildman–Crippen LogP) is 2.29. The van der Waals surface area contributed by atoms with Crippen LogP contribution in [0.25, 0.3) is 0 Å². The van der Waals surface area contributed by atoms with Crippen molar-refractivity contribution in [3.05, 3.63) is 29.0 Å². The molecule has 1 radical (unpaired) electrons. The molecule has 0 atom stereocenters. The molecule has 0 saturated heterocycles. The summed E-state index contributed by atoms with van der Waals surface area (Å²) in [5.41, 5.74) is 0. The third-order valence-corrected chi connectivity index (χ3v) is 1.27. The zero-order valence-electron chi connectivity index (χ0n) is 5.32. The van der Waals surface area contributed by atoms with E-state index in [1.54, 1.807) is 0 Å². The van der Waals surface area contributed by atoms with Gasteiger partial charge < -0.3 is 4.74 Å². The van der Waals surface area contributed by atoms with Gasteiger partial charge in [0.2, 0.25) is 0 Å². The van der Waals surface area contributed by atoms with E-state index in [4.69, 9.17) is 11.6 Å². The summed E-state index contributed by atoms with van der Waals surface area (Å²) < 4.78 is 17.3. The van der Waals surface area contributed by atoms with E-state index in [1.807, 2.05) is 0 Å². The average Bonchev–Trinajstić information content (AvgIpc) is 1.88. The summed E-state index contributed by atoms with van der Waals surface area (Å²) in [5, 5.41) is 0.248. The lowest BCUT2D eigenvalue weighted by Gasteiger charge is -1.99. The van der Waals surface area contributed by atoms with Gasteiger partial charge in [-0.2, -0.15) is 0 Å². The molecule has 0 saturated carbocycles. The molecule has 0 amide bonds. The van der Waals surface area contributed by atoms with Crippen molar-refractivity contribution in [3.63, 3.8) is 0 Å². The molecular weight excluding hydrogens is 155 g/mol. The fraction of sp³-hybridized carbons (Fsp3) is 0.143. The predicted molar refractivity (Wildman–Crippen MR) is 36.8 cm³/mol. The first-order valence-electron chi connectivity index (χ1n) is 2.65. The van der Waals surface area contributed by atoms with Crippen LogP contribution >= 0.6 is 11.6 Å². The van der Waals surface area contributed by atoms with Gasteiger partial charge in [0.15, 0.2) is 11.6 Å². The number of ether oxygens (including phenoxy) is 1. The standard InChI is InChI=1S/C7H5ClFO/c1-10-7-3-2-5(8)4-6(7)9/h3-4H,1H3. The highest BCUT2D eigenvalue weighted by Crippen LogP contribution is 2.19. The minimum atomic E-state index is -0.466. The molecular formula is C7H5ClFO. The van der Waals surface area contributed by atoms with Gasteiger partial charge in [-0.3, -0.25) is 0 Å². The zero-order valence-corrected chi connectivity index (χ0v) is 6.07. The Morgan fingerprint density at radius 2 is 2.40 bits per heavy atom. The molecule has 53 valence electrons. The van der Waals surface area contributed by atoms with Gasteiger partial charge in [0.25, 0.3) is 0 Å². The van der Waals surface area contributed by atoms with Gasteiger partial charge >= 0.3 is 0 Å². The number of hydrogen-bond acceptors (Lipinski definition) is 1. The molecule has 0 aliphatic carbocycles. The first-order valence-corrected chi connectivity index (χ1v) is 3.02. The average molecular weight is 160 g/mol. The molecule has 0 N–H and O–H groups in total. The minimum absolute atomic E-state index is 0.157. The molecule has 1 nitrogen and oxygen atoms in total. The normalized spacial score (nSPS) is 9.50. The van der Waals surface area contributed by atoms with Crippen molar-refractivity contribution in [2.45, 2.75) is 0 Å². The number of hydrogen-bond donors (Lipinski definition) is 0. The monoisotopic (exact) mass is 159 g/mol. The second-order valence-corrected chi connectivity index (χ2v) is 2.10.